The molecule has 0 saturated carbocycles. The topological polar surface area (TPSA) is 56.2 Å². The Morgan fingerprint density at radius 2 is 1.88 bits per heavy atom. The number of hydrogen-bond acceptors (Lipinski definition) is 3. The third-order valence-electron chi connectivity index (χ3n) is 5.67. The molecule has 0 bridgehead atoms. The second-order valence-electron chi connectivity index (χ2n) is 8.03. The van der Waals surface area contributed by atoms with Crippen LogP contribution in [0.1, 0.15) is 50.4 Å². The van der Waals surface area contributed by atoms with E-state index in [2.05, 4.69) is 65.9 Å². The number of nitrogens with zero attached hydrogens (tertiary/aromatic N) is 2. The molecular formula is C27H35N3O2. The van der Waals surface area contributed by atoms with Gasteiger partial charge in [-0.05, 0) is 68.0 Å². The van der Waals surface area contributed by atoms with Crippen molar-refractivity contribution in [3.8, 4) is 5.75 Å². The molecule has 32 heavy (non-hydrogen) atoms. The van der Waals surface area contributed by atoms with Gasteiger partial charge in [0, 0.05) is 19.5 Å². The summed E-state index contributed by atoms with van der Waals surface area (Å²) in [6.45, 7) is 8.00. The summed E-state index contributed by atoms with van der Waals surface area (Å²) in [6, 6.07) is 16.7. The van der Waals surface area contributed by atoms with Gasteiger partial charge in [-0.2, -0.15) is 0 Å². The molecule has 1 N–H and O–H groups in total. The maximum Gasteiger partial charge on any atom is 0.243 e. The van der Waals surface area contributed by atoms with Gasteiger partial charge >= 0.3 is 0 Å². The lowest BCUT2D eigenvalue weighted by atomic mass is 10.2. The Bertz CT molecular complexity index is 992. The number of carbonyl (C=O) groups excluding carboxylic acids is 1. The van der Waals surface area contributed by atoms with E-state index < -0.39 is 0 Å². The summed E-state index contributed by atoms with van der Waals surface area (Å²) in [5.41, 5.74) is 3.60. The summed E-state index contributed by atoms with van der Waals surface area (Å²) in [4.78, 5) is 16.1. The fraction of sp³-hybridized carbons (Fsp3) is 0.407. The highest BCUT2D eigenvalue weighted by atomic mass is 16.5. The second kappa shape index (κ2) is 12.7. The largest absolute Gasteiger partial charge is 0.494 e. The molecule has 5 nitrogen and oxygen atoms in total. The summed E-state index contributed by atoms with van der Waals surface area (Å²) in [6.07, 6.45) is 8.46. The minimum Gasteiger partial charge on any atom is -0.494 e. The number of para-hydroxylation sites is 2. The zero-order valence-corrected chi connectivity index (χ0v) is 19.2. The zero-order chi connectivity index (χ0) is 22.6. The SMILES string of the molecule is C=CC(=O)NCCCCCc1nc2ccccc2n1CCCCOc1ccc(CC)cc1. The van der Waals surface area contributed by atoms with Crippen LogP contribution >= 0.6 is 0 Å². The van der Waals surface area contributed by atoms with Crippen LogP contribution < -0.4 is 10.1 Å². The number of amides is 1. The Morgan fingerprint density at radius 1 is 1.06 bits per heavy atom. The summed E-state index contributed by atoms with van der Waals surface area (Å²) in [5, 5.41) is 2.83. The smallest absolute Gasteiger partial charge is 0.243 e. The van der Waals surface area contributed by atoms with Crippen molar-refractivity contribution in [3.63, 3.8) is 0 Å². The number of aryl methyl sites for hydroxylation is 3. The Kier molecular flexibility index (Phi) is 9.36. The van der Waals surface area contributed by atoms with Crippen LogP contribution in [-0.2, 0) is 24.2 Å². The van der Waals surface area contributed by atoms with Crippen LogP contribution in [0.2, 0.25) is 0 Å². The molecule has 0 aliphatic carbocycles. The van der Waals surface area contributed by atoms with Crippen molar-refractivity contribution in [2.75, 3.05) is 13.2 Å². The Balaban J connectivity index is 1.46. The Labute approximate surface area is 191 Å². The van der Waals surface area contributed by atoms with Crippen molar-refractivity contribution in [2.24, 2.45) is 0 Å². The molecule has 3 aromatic rings. The Hall–Kier alpha value is -3.08. The molecule has 1 heterocycles. The average molecular weight is 434 g/mol. The minimum atomic E-state index is -0.103. The third kappa shape index (κ3) is 6.98. The van der Waals surface area contributed by atoms with Gasteiger partial charge in [0.15, 0.2) is 0 Å². The number of aromatic nitrogens is 2. The number of ether oxygens (including phenoxy) is 1. The van der Waals surface area contributed by atoms with Gasteiger partial charge in [0.2, 0.25) is 5.91 Å². The molecule has 170 valence electrons. The van der Waals surface area contributed by atoms with E-state index in [9.17, 15) is 4.79 Å². The second-order valence-corrected chi connectivity index (χ2v) is 8.03. The highest BCUT2D eigenvalue weighted by Crippen LogP contribution is 2.19. The van der Waals surface area contributed by atoms with Gasteiger partial charge in [-0.1, -0.05) is 44.2 Å². The van der Waals surface area contributed by atoms with E-state index in [1.54, 1.807) is 0 Å². The number of benzene rings is 2. The monoisotopic (exact) mass is 433 g/mol. The molecule has 0 spiro atoms. The molecule has 0 aliphatic rings. The van der Waals surface area contributed by atoms with Crippen molar-refractivity contribution < 1.29 is 9.53 Å². The normalized spacial score (nSPS) is 10.9. The van der Waals surface area contributed by atoms with E-state index in [1.807, 2.05) is 6.07 Å². The number of nitrogens with one attached hydrogen (secondary N) is 1. The summed E-state index contributed by atoms with van der Waals surface area (Å²) < 4.78 is 8.27. The third-order valence-corrected chi connectivity index (χ3v) is 5.67. The fourth-order valence-electron chi connectivity index (χ4n) is 3.82. The van der Waals surface area contributed by atoms with Gasteiger partial charge in [0.25, 0.3) is 0 Å². The fourth-order valence-corrected chi connectivity index (χ4v) is 3.82. The number of hydrogen-bond donors (Lipinski definition) is 1. The molecule has 0 atom stereocenters. The van der Waals surface area contributed by atoms with Gasteiger partial charge in [-0.25, -0.2) is 4.98 Å². The van der Waals surface area contributed by atoms with E-state index in [4.69, 9.17) is 9.72 Å². The first-order chi connectivity index (χ1) is 15.7. The van der Waals surface area contributed by atoms with E-state index in [1.165, 1.54) is 17.2 Å². The number of fused-ring (bicyclic) bond motifs is 1. The standard InChI is InChI=1S/C27H35N3O2/c1-3-22-15-17-23(18-16-22)32-21-11-10-20-30-25-13-8-7-12-24(25)29-26(30)14-6-5-9-19-28-27(31)4-2/h4,7-8,12-13,15-18H,2-3,5-6,9-11,14,19-21H2,1H3,(H,28,31). The van der Waals surface area contributed by atoms with E-state index >= 15 is 0 Å². The number of carbonyl (C=O) groups is 1. The van der Waals surface area contributed by atoms with Gasteiger partial charge in [-0.15, -0.1) is 0 Å². The zero-order valence-electron chi connectivity index (χ0n) is 19.2. The molecular weight excluding hydrogens is 398 g/mol. The van der Waals surface area contributed by atoms with Crippen LogP contribution in [0.4, 0.5) is 0 Å². The maximum atomic E-state index is 11.2. The van der Waals surface area contributed by atoms with Crippen molar-refractivity contribution >= 4 is 16.9 Å². The number of imidazole rings is 1. The van der Waals surface area contributed by atoms with Crippen LogP contribution in [0.15, 0.2) is 61.2 Å². The number of unbranched alkanes of at least 4 members (excludes halogenated alkanes) is 3. The van der Waals surface area contributed by atoms with Gasteiger partial charge in [-0.3, -0.25) is 4.79 Å². The van der Waals surface area contributed by atoms with Crippen LogP contribution in [-0.4, -0.2) is 28.6 Å². The van der Waals surface area contributed by atoms with Crippen molar-refractivity contribution in [1.29, 1.82) is 0 Å². The minimum absolute atomic E-state index is 0.103. The molecule has 0 radical (unpaired) electrons. The quantitative estimate of drug-likeness (QED) is 0.271. The Morgan fingerprint density at radius 3 is 2.66 bits per heavy atom. The first kappa shape index (κ1) is 23.6. The van der Waals surface area contributed by atoms with Gasteiger partial charge in [0.05, 0.1) is 17.6 Å². The highest BCUT2D eigenvalue weighted by Gasteiger charge is 2.10. The van der Waals surface area contributed by atoms with Crippen molar-refractivity contribution in [3.05, 3.63) is 72.6 Å². The predicted octanol–water partition coefficient (Wildman–Crippen LogP) is 5.47. The van der Waals surface area contributed by atoms with Crippen molar-refractivity contribution in [1.82, 2.24) is 14.9 Å². The van der Waals surface area contributed by atoms with E-state index in [0.29, 0.717) is 6.54 Å². The molecule has 1 amide bonds. The molecule has 0 saturated heterocycles. The van der Waals surface area contributed by atoms with Crippen LogP contribution in [0.25, 0.3) is 11.0 Å². The first-order valence-electron chi connectivity index (χ1n) is 11.8. The predicted molar refractivity (Wildman–Crippen MR) is 131 cm³/mol. The van der Waals surface area contributed by atoms with Crippen LogP contribution in [0.5, 0.6) is 5.75 Å². The highest BCUT2D eigenvalue weighted by molar-refractivity contribution is 5.86. The maximum absolute atomic E-state index is 11.2. The van der Waals surface area contributed by atoms with Crippen molar-refractivity contribution in [2.45, 2.75) is 58.4 Å². The summed E-state index contributed by atoms with van der Waals surface area (Å²) >= 11 is 0. The van der Waals surface area contributed by atoms with E-state index in [-0.39, 0.29) is 5.91 Å². The molecule has 0 aliphatic heterocycles. The average Bonchev–Trinajstić information content (AvgIpc) is 3.18. The molecule has 5 heteroatoms. The lowest BCUT2D eigenvalue weighted by molar-refractivity contribution is -0.116. The van der Waals surface area contributed by atoms with Gasteiger partial charge in [0.1, 0.15) is 11.6 Å². The number of rotatable bonds is 14. The van der Waals surface area contributed by atoms with Crippen LogP contribution in [0, 0.1) is 0 Å². The lowest BCUT2D eigenvalue weighted by Crippen LogP contribution is -2.21. The molecule has 2 aromatic carbocycles. The van der Waals surface area contributed by atoms with Crippen LogP contribution in [0.3, 0.4) is 0 Å². The summed E-state index contributed by atoms with van der Waals surface area (Å²) in [5.74, 6) is 1.99. The molecule has 0 fully saturated rings. The molecule has 0 unspecified atom stereocenters. The van der Waals surface area contributed by atoms with E-state index in [0.717, 1.165) is 75.2 Å². The first-order valence-corrected chi connectivity index (χ1v) is 11.8. The van der Waals surface area contributed by atoms with Gasteiger partial charge < -0.3 is 14.6 Å². The lowest BCUT2D eigenvalue weighted by Gasteiger charge is -2.10. The molecule has 3 rings (SSSR count). The molecule has 1 aromatic heterocycles. The summed E-state index contributed by atoms with van der Waals surface area (Å²) in [7, 11) is 0.